The number of benzene rings is 1. The number of nitrogens with zero attached hydrogens (tertiary/aromatic N) is 2. The summed E-state index contributed by atoms with van der Waals surface area (Å²) in [7, 11) is 1.58. The Morgan fingerprint density at radius 1 is 1.35 bits per heavy atom. The minimum atomic E-state index is -0.618. The Balaban J connectivity index is 1.65. The molecule has 26 heavy (non-hydrogen) atoms. The second-order valence-corrected chi connectivity index (χ2v) is 6.26. The van der Waals surface area contributed by atoms with Crippen molar-refractivity contribution in [3.8, 4) is 5.75 Å². The van der Waals surface area contributed by atoms with Gasteiger partial charge in [0.2, 0.25) is 5.43 Å². The highest BCUT2D eigenvalue weighted by Gasteiger charge is 2.12. The van der Waals surface area contributed by atoms with E-state index in [-0.39, 0.29) is 23.7 Å². The Labute approximate surface area is 151 Å². The molecule has 0 radical (unpaired) electrons. The lowest BCUT2D eigenvalue weighted by Crippen LogP contribution is -2.20. The van der Waals surface area contributed by atoms with Crippen LogP contribution in [0, 0.1) is 0 Å². The summed E-state index contributed by atoms with van der Waals surface area (Å²) in [6, 6.07) is 8.01. The fraction of sp³-hybridized carbons (Fsp3) is 0.176. The zero-order valence-electron chi connectivity index (χ0n) is 13.7. The first-order chi connectivity index (χ1) is 12.5. The van der Waals surface area contributed by atoms with Crippen LogP contribution < -0.4 is 11.0 Å². The minimum absolute atomic E-state index is 0.0685. The number of carbonyl (C=O) groups excluding carboxylic acids is 1. The SMILES string of the molecule is Cn1c(SCC(=O)OCc2cc(=O)c(O)co2)nc2ccccc2c1=O. The number of rotatable bonds is 5. The molecule has 0 fully saturated rings. The summed E-state index contributed by atoms with van der Waals surface area (Å²) in [5, 5.41) is 10.00. The van der Waals surface area contributed by atoms with Crippen molar-refractivity contribution >= 4 is 28.6 Å². The normalized spacial score (nSPS) is 10.8. The largest absolute Gasteiger partial charge is 0.502 e. The van der Waals surface area contributed by atoms with Gasteiger partial charge in [-0.15, -0.1) is 0 Å². The van der Waals surface area contributed by atoms with Gasteiger partial charge in [-0.3, -0.25) is 19.0 Å². The van der Waals surface area contributed by atoms with Gasteiger partial charge in [-0.2, -0.15) is 0 Å². The molecule has 0 spiro atoms. The van der Waals surface area contributed by atoms with Crippen molar-refractivity contribution in [3.05, 3.63) is 62.9 Å². The van der Waals surface area contributed by atoms with Crippen molar-refractivity contribution in [2.45, 2.75) is 11.8 Å². The minimum Gasteiger partial charge on any atom is -0.502 e. The van der Waals surface area contributed by atoms with E-state index in [1.807, 2.05) is 0 Å². The summed E-state index contributed by atoms with van der Waals surface area (Å²) >= 11 is 1.07. The molecular weight excluding hydrogens is 360 g/mol. The van der Waals surface area contributed by atoms with Crippen LogP contribution in [0.5, 0.6) is 5.75 Å². The van der Waals surface area contributed by atoms with Crippen molar-refractivity contribution < 1.29 is 19.1 Å². The van der Waals surface area contributed by atoms with Crippen LogP contribution in [0.3, 0.4) is 0 Å². The van der Waals surface area contributed by atoms with Gasteiger partial charge >= 0.3 is 5.97 Å². The summed E-state index contributed by atoms with van der Waals surface area (Å²) in [5.41, 5.74) is -0.262. The van der Waals surface area contributed by atoms with Gasteiger partial charge in [-0.25, -0.2) is 4.98 Å². The van der Waals surface area contributed by atoms with E-state index in [0.717, 1.165) is 24.1 Å². The Morgan fingerprint density at radius 3 is 2.88 bits per heavy atom. The molecule has 0 unspecified atom stereocenters. The van der Waals surface area contributed by atoms with Gasteiger partial charge < -0.3 is 14.3 Å². The number of para-hydroxylation sites is 1. The Morgan fingerprint density at radius 2 is 2.12 bits per heavy atom. The number of esters is 1. The van der Waals surface area contributed by atoms with Gasteiger partial charge in [0.1, 0.15) is 18.6 Å². The highest BCUT2D eigenvalue weighted by molar-refractivity contribution is 7.99. The number of ether oxygens (including phenoxy) is 1. The van der Waals surface area contributed by atoms with Crippen LogP contribution in [-0.2, 0) is 23.2 Å². The van der Waals surface area contributed by atoms with Gasteiger partial charge in [0, 0.05) is 13.1 Å². The van der Waals surface area contributed by atoms with Crippen LogP contribution >= 0.6 is 11.8 Å². The maximum absolute atomic E-state index is 12.3. The molecule has 2 aromatic heterocycles. The molecule has 0 atom stereocenters. The smallest absolute Gasteiger partial charge is 0.316 e. The van der Waals surface area contributed by atoms with Crippen molar-refractivity contribution in [2.24, 2.45) is 7.05 Å². The summed E-state index contributed by atoms with van der Waals surface area (Å²) in [6.45, 7) is -0.237. The zero-order valence-corrected chi connectivity index (χ0v) is 14.5. The highest BCUT2D eigenvalue weighted by Crippen LogP contribution is 2.17. The molecule has 1 aromatic carbocycles. The number of aromatic hydroxyl groups is 1. The van der Waals surface area contributed by atoms with Crippen LogP contribution in [-0.4, -0.2) is 26.4 Å². The van der Waals surface area contributed by atoms with Gasteiger partial charge in [-0.1, -0.05) is 23.9 Å². The van der Waals surface area contributed by atoms with Crippen molar-refractivity contribution in [1.82, 2.24) is 9.55 Å². The third-order valence-corrected chi connectivity index (χ3v) is 4.51. The number of fused-ring (bicyclic) bond motifs is 1. The lowest BCUT2D eigenvalue weighted by atomic mass is 10.2. The van der Waals surface area contributed by atoms with Crippen LogP contribution in [0.4, 0.5) is 0 Å². The number of thioether (sulfide) groups is 1. The number of carbonyl (C=O) groups is 1. The number of hydrogen-bond donors (Lipinski definition) is 1. The molecule has 1 N–H and O–H groups in total. The van der Waals surface area contributed by atoms with E-state index in [4.69, 9.17) is 14.3 Å². The zero-order chi connectivity index (χ0) is 18.7. The first-order valence-electron chi connectivity index (χ1n) is 7.50. The Bertz CT molecular complexity index is 1090. The maximum Gasteiger partial charge on any atom is 0.316 e. The Kier molecular flexibility index (Phi) is 5.08. The van der Waals surface area contributed by atoms with Crippen molar-refractivity contribution in [2.75, 3.05) is 5.75 Å². The fourth-order valence-electron chi connectivity index (χ4n) is 2.16. The van der Waals surface area contributed by atoms with Gasteiger partial charge in [0.25, 0.3) is 5.56 Å². The van der Waals surface area contributed by atoms with E-state index in [0.29, 0.717) is 16.1 Å². The molecule has 0 amide bonds. The predicted molar refractivity (Wildman–Crippen MR) is 94.1 cm³/mol. The second kappa shape index (κ2) is 7.44. The monoisotopic (exact) mass is 374 g/mol. The average Bonchev–Trinajstić information content (AvgIpc) is 2.64. The van der Waals surface area contributed by atoms with E-state index < -0.39 is 17.1 Å². The fourth-order valence-corrected chi connectivity index (χ4v) is 2.93. The van der Waals surface area contributed by atoms with Gasteiger partial charge in [-0.05, 0) is 12.1 Å². The molecule has 0 aliphatic rings. The highest BCUT2D eigenvalue weighted by atomic mass is 32.2. The van der Waals surface area contributed by atoms with Crippen molar-refractivity contribution in [1.29, 1.82) is 0 Å². The molecule has 3 aromatic rings. The molecule has 3 rings (SSSR count). The molecule has 8 nitrogen and oxygen atoms in total. The number of aromatic nitrogens is 2. The lowest BCUT2D eigenvalue weighted by molar-refractivity contribution is -0.142. The van der Waals surface area contributed by atoms with E-state index in [1.165, 1.54) is 4.57 Å². The topological polar surface area (TPSA) is 112 Å². The summed E-state index contributed by atoms with van der Waals surface area (Å²) in [5.74, 6) is -1.03. The van der Waals surface area contributed by atoms with Crippen LogP contribution in [0.15, 0.2) is 55.8 Å². The average molecular weight is 374 g/mol. The standard InChI is InChI=1S/C17H14N2O6S/c1-19-16(23)11-4-2-3-5-12(11)18-17(19)26-9-15(22)25-7-10-6-13(20)14(21)8-24-10/h2-6,8,21H,7,9H2,1H3. The Hall–Kier alpha value is -3.07. The summed E-state index contributed by atoms with van der Waals surface area (Å²) in [6.07, 6.45) is 0.884. The third kappa shape index (κ3) is 3.77. The van der Waals surface area contributed by atoms with Gasteiger partial charge in [0.15, 0.2) is 10.9 Å². The van der Waals surface area contributed by atoms with Crippen LogP contribution in [0.2, 0.25) is 0 Å². The maximum atomic E-state index is 12.3. The first-order valence-corrected chi connectivity index (χ1v) is 8.49. The summed E-state index contributed by atoms with van der Waals surface area (Å²) < 4.78 is 11.3. The number of hydrogen-bond acceptors (Lipinski definition) is 8. The molecule has 9 heteroatoms. The van der Waals surface area contributed by atoms with Crippen LogP contribution in [0.25, 0.3) is 10.9 Å². The van der Waals surface area contributed by atoms with Crippen LogP contribution in [0.1, 0.15) is 5.76 Å². The molecule has 0 bridgehead atoms. The predicted octanol–water partition coefficient (Wildman–Crippen LogP) is 1.43. The van der Waals surface area contributed by atoms with E-state index in [9.17, 15) is 14.4 Å². The summed E-state index contributed by atoms with van der Waals surface area (Å²) in [4.78, 5) is 39.8. The van der Waals surface area contributed by atoms with E-state index in [1.54, 1.807) is 31.3 Å². The molecule has 0 saturated carbocycles. The third-order valence-electron chi connectivity index (χ3n) is 3.50. The first kappa shape index (κ1) is 17.7. The lowest BCUT2D eigenvalue weighted by Gasteiger charge is -2.08. The molecule has 2 heterocycles. The molecule has 0 saturated heterocycles. The van der Waals surface area contributed by atoms with Gasteiger partial charge in [0.05, 0.1) is 16.7 Å². The molecule has 134 valence electrons. The molecule has 0 aliphatic carbocycles. The van der Waals surface area contributed by atoms with Crippen molar-refractivity contribution in [3.63, 3.8) is 0 Å². The molecular formula is C17H14N2O6S. The second-order valence-electron chi connectivity index (χ2n) is 5.32. The van der Waals surface area contributed by atoms with E-state index in [2.05, 4.69) is 4.98 Å². The molecule has 0 aliphatic heterocycles. The quantitative estimate of drug-likeness (QED) is 0.405. The van der Waals surface area contributed by atoms with E-state index >= 15 is 0 Å².